The number of carbonyl (C=O) groups excluding carboxylic acids is 1. The first kappa shape index (κ1) is 14.8. The van der Waals surface area contributed by atoms with E-state index in [1.807, 2.05) is 0 Å². The first-order valence-corrected chi connectivity index (χ1v) is 8.11. The lowest BCUT2D eigenvalue weighted by molar-refractivity contribution is -0.143. The molecule has 2 fully saturated rings. The lowest BCUT2D eigenvalue weighted by Gasteiger charge is -2.38. The summed E-state index contributed by atoms with van der Waals surface area (Å²) < 4.78 is 0. The van der Waals surface area contributed by atoms with E-state index in [9.17, 15) is 4.79 Å². The van der Waals surface area contributed by atoms with Gasteiger partial charge in [0.15, 0.2) is 0 Å². The molecule has 2 aliphatic rings. The van der Waals surface area contributed by atoms with Crippen molar-refractivity contribution < 1.29 is 4.79 Å². The molecule has 0 unspecified atom stereocenters. The van der Waals surface area contributed by atoms with Crippen LogP contribution in [-0.4, -0.2) is 30.4 Å². The van der Waals surface area contributed by atoms with Gasteiger partial charge in [0, 0.05) is 19.6 Å². The normalized spacial score (nSPS) is 25.5. The second-order valence-corrected chi connectivity index (χ2v) is 6.73. The predicted octanol–water partition coefficient (Wildman–Crippen LogP) is 2.93. The van der Waals surface area contributed by atoms with E-state index in [0.717, 1.165) is 25.9 Å². The van der Waals surface area contributed by atoms with Gasteiger partial charge in [-0.15, -0.1) is 0 Å². The summed E-state index contributed by atoms with van der Waals surface area (Å²) >= 11 is 0. The van der Waals surface area contributed by atoms with Crippen LogP contribution < -0.4 is 5.73 Å². The van der Waals surface area contributed by atoms with Crippen molar-refractivity contribution in [3.8, 4) is 0 Å². The van der Waals surface area contributed by atoms with Crippen LogP contribution in [0, 0.1) is 10.8 Å². The minimum atomic E-state index is -0.226. The fourth-order valence-corrected chi connectivity index (χ4v) is 4.00. The molecule has 1 amide bonds. The molecular formula is C16H30N2O. The van der Waals surface area contributed by atoms with Gasteiger partial charge >= 0.3 is 0 Å². The highest BCUT2D eigenvalue weighted by molar-refractivity contribution is 5.83. The topological polar surface area (TPSA) is 46.3 Å². The molecule has 1 heterocycles. The standard InChI is InChI=1S/C16H30N2O/c1-3-15(4-2)10-11-18(13-15)14(19)16(12-17)8-6-5-7-9-16/h3-13,17H2,1-2H3. The molecule has 0 aromatic carbocycles. The molecular weight excluding hydrogens is 236 g/mol. The Morgan fingerprint density at radius 1 is 1.11 bits per heavy atom. The lowest BCUT2D eigenvalue weighted by Crippen LogP contribution is -2.48. The first-order valence-electron chi connectivity index (χ1n) is 8.11. The largest absolute Gasteiger partial charge is 0.342 e. The van der Waals surface area contributed by atoms with Crippen LogP contribution in [0.25, 0.3) is 0 Å². The Bertz CT molecular complexity index is 317. The molecule has 0 spiro atoms. The zero-order valence-corrected chi connectivity index (χ0v) is 12.7. The highest BCUT2D eigenvalue weighted by Crippen LogP contribution is 2.42. The molecule has 1 saturated carbocycles. The maximum Gasteiger partial charge on any atom is 0.230 e. The summed E-state index contributed by atoms with van der Waals surface area (Å²) in [5.41, 5.74) is 6.14. The van der Waals surface area contributed by atoms with Gasteiger partial charge in [-0.05, 0) is 37.5 Å². The Morgan fingerprint density at radius 3 is 2.21 bits per heavy atom. The van der Waals surface area contributed by atoms with Crippen LogP contribution in [0.3, 0.4) is 0 Å². The Labute approximate surface area is 117 Å². The molecule has 0 aromatic heterocycles. The Balaban J connectivity index is 2.07. The third kappa shape index (κ3) is 2.67. The van der Waals surface area contributed by atoms with Gasteiger partial charge in [0.2, 0.25) is 5.91 Å². The molecule has 0 radical (unpaired) electrons. The number of amides is 1. The van der Waals surface area contributed by atoms with Crippen molar-refractivity contribution in [2.45, 2.75) is 65.2 Å². The van der Waals surface area contributed by atoms with E-state index in [-0.39, 0.29) is 5.41 Å². The summed E-state index contributed by atoms with van der Waals surface area (Å²) in [6.45, 7) is 6.96. The van der Waals surface area contributed by atoms with Crippen LogP contribution in [0.2, 0.25) is 0 Å². The molecule has 0 atom stereocenters. The summed E-state index contributed by atoms with van der Waals surface area (Å²) in [5.74, 6) is 0.360. The molecule has 3 heteroatoms. The van der Waals surface area contributed by atoms with Gasteiger partial charge < -0.3 is 10.6 Å². The molecule has 2 rings (SSSR count). The highest BCUT2D eigenvalue weighted by Gasteiger charge is 2.45. The molecule has 1 aliphatic carbocycles. The summed E-state index contributed by atoms with van der Waals surface area (Å²) in [4.78, 5) is 15.0. The van der Waals surface area contributed by atoms with Crippen LogP contribution in [0.1, 0.15) is 65.2 Å². The molecule has 0 aromatic rings. The Hall–Kier alpha value is -0.570. The van der Waals surface area contributed by atoms with Crippen molar-refractivity contribution in [2.24, 2.45) is 16.6 Å². The first-order chi connectivity index (χ1) is 9.11. The maximum absolute atomic E-state index is 12.9. The Morgan fingerprint density at radius 2 is 1.74 bits per heavy atom. The zero-order chi connectivity index (χ0) is 13.9. The SMILES string of the molecule is CCC1(CC)CCN(C(=O)C2(CN)CCCCC2)C1. The quantitative estimate of drug-likeness (QED) is 0.850. The van der Waals surface area contributed by atoms with Crippen LogP contribution in [0.5, 0.6) is 0 Å². The molecule has 19 heavy (non-hydrogen) atoms. The predicted molar refractivity (Wildman–Crippen MR) is 78.8 cm³/mol. The molecule has 1 aliphatic heterocycles. The van der Waals surface area contributed by atoms with Gasteiger partial charge in [0.05, 0.1) is 5.41 Å². The average molecular weight is 266 g/mol. The van der Waals surface area contributed by atoms with Gasteiger partial charge in [-0.3, -0.25) is 4.79 Å². The molecule has 0 bridgehead atoms. The summed E-state index contributed by atoms with van der Waals surface area (Å²) in [7, 11) is 0. The van der Waals surface area contributed by atoms with Crippen molar-refractivity contribution in [1.82, 2.24) is 4.90 Å². The number of rotatable bonds is 4. The highest BCUT2D eigenvalue weighted by atomic mass is 16.2. The van der Waals surface area contributed by atoms with Crippen LogP contribution in [0.4, 0.5) is 0 Å². The van der Waals surface area contributed by atoms with E-state index >= 15 is 0 Å². The number of carbonyl (C=O) groups is 1. The minimum Gasteiger partial charge on any atom is -0.342 e. The van der Waals surface area contributed by atoms with Crippen LogP contribution in [-0.2, 0) is 4.79 Å². The van der Waals surface area contributed by atoms with Crippen LogP contribution >= 0.6 is 0 Å². The number of hydrogen-bond donors (Lipinski definition) is 1. The maximum atomic E-state index is 12.9. The van der Waals surface area contributed by atoms with Crippen molar-refractivity contribution in [2.75, 3.05) is 19.6 Å². The third-order valence-electron chi connectivity index (χ3n) is 5.88. The monoisotopic (exact) mass is 266 g/mol. The third-order valence-corrected chi connectivity index (χ3v) is 5.88. The van der Waals surface area contributed by atoms with Gasteiger partial charge in [-0.2, -0.15) is 0 Å². The van der Waals surface area contributed by atoms with E-state index < -0.39 is 0 Å². The van der Waals surface area contributed by atoms with Gasteiger partial charge in [0.1, 0.15) is 0 Å². The smallest absolute Gasteiger partial charge is 0.230 e. The summed E-state index contributed by atoms with van der Waals surface area (Å²) in [6.07, 6.45) is 9.15. The van der Waals surface area contributed by atoms with Crippen molar-refractivity contribution in [3.05, 3.63) is 0 Å². The number of hydrogen-bond acceptors (Lipinski definition) is 2. The van der Waals surface area contributed by atoms with Gasteiger partial charge in [-0.25, -0.2) is 0 Å². The molecule has 110 valence electrons. The fourth-order valence-electron chi connectivity index (χ4n) is 4.00. The van der Waals surface area contributed by atoms with Gasteiger partial charge in [-0.1, -0.05) is 33.1 Å². The zero-order valence-electron chi connectivity index (χ0n) is 12.7. The minimum absolute atomic E-state index is 0.226. The molecule has 3 nitrogen and oxygen atoms in total. The van der Waals surface area contributed by atoms with E-state index in [4.69, 9.17) is 5.73 Å². The molecule has 1 saturated heterocycles. The van der Waals surface area contributed by atoms with Crippen molar-refractivity contribution in [3.63, 3.8) is 0 Å². The van der Waals surface area contributed by atoms with Crippen molar-refractivity contribution in [1.29, 1.82) is 0 Å². The second kappa shape index (κ2) is 5.82. The van der Waals surface area contributed by atoms with Gasteiger partial charge in [0.25, 0.3) is 0 Å². The summed E-state index contributed by atoms with van der Waals surface area (Å²) in [6, 6.07) is 0. The Kier molecular flexibility index (Phi) is 4.54. The fraction of sp³-hybridized carbons (Fsp3) is 0.938. The number of nitrogens with zero attached hydrogens (tertiary/aromatic N) is 1. The molecule has 2 N–H and O–H groups in total. The number of nitrogens with two attached hydrogens (primary N) is 1. The van der Waals surface area contributed by atoms with E-state index in [2.05, 4.69) is 18.7 Å². The number of likely N-dealkylation sites (tertiary alicyclic amines) is 1. The van der Waals surface area contributed by atoms with E-state index in [0.29, 0.717) is 17.9 Å². The second-order valence-electron chi connectivity index (χ2n) is 6.73. The van der Waals surface area contributed by atoms with E-state index in [1.165, 1.54) is 38.5 Å². The van der Waals surface area contributed by atoms with E-state index in [1.54, 1.807) is 0 Å². The average Bonchev–Trinajstić information content (AvgIpc) is 2.92. The van der Waals surface area contributed by atoms with Crippen LogP contribution in [0.15, 0.2) is 0 Å². The lowest BCUT2D eigenvalue weighted by atomic mass is 9.73. The van der Waals surface area contributed by atoms with Crippen molar-refractivity contribution >= 4 is 5.91 Å². The summed E-state index contributed by atoms with van der Waals surface area (Å²) in [5, 5.41) is 0.